The molecule has 0 spiro atoms. The molecule has 112 valence electrons. The zero-order chi connectivity index (χ0) is 14.4. The molecule has 0 aromatic carbocycles. The Hall–Kier alpha value is -1.36. The Morgan fingerprint density at radius 2 is 2.30 bits per heavy atom. The largest absolute Gasteiger partial charge is 0.396 e. The van der Waals surface area contributed by atoms with Gasteiger partial charge in [-0.15, -0.1) is 0 Å². The van der Waals surface area contributed by atoms with E-state index in [1.807, 2.05) is 6.92 Å². The van der Waals surface area contributed by atoms with Crippen molar-refractivity contribution >= 4 is 11.6 Å². The molecule has 0 saturated carbocycles. The van der Waals surface area contributed by atoms with Crippen LogP contribution in [0.4, 0.5) is 11.6 Å². The second kappa shape index (κ2) is 7.43. The first-order valence-electron chi connectivity index (χ1n) is 7.71. The smallest absolute Gasteiger partial charge is 0.134 e. The van der Waals surface area contributed by atoms with Crippen LogP contribution in [0.1, 0.15) is 44.9 Å². The Morgan fingerprint density at radius 3 is 3.05 bits per heavy atom. The standard InChI is InChI=1S/C15H26N4O/c1-3-8-16-14-11-15(18-12(2)17-14)19-9-4-6-13(19)7-5-10-20/h11,13,20H,3-10H2,1-2H3,(H,16,17,18). The van der Waals surface area contributed by atoms with E-state index in [9.17, 15) is 0 Å². The molecule has 1 aromatic rings. The van der Waals surface area contributed by atoms with E-state index in [0.29, 0.717) is 6.04 Å². The molecular weight excluding hydrogens is 252 g/mol. The predicted molar refractivity (Wildman–Crippen MR) is 82.2 cm³/mol. The first kappa shape index (κ1) is 15.0. The lowest BCUT2D eigenvalue weighted by molar-refractivity contribution is 0.279. The van der Waals surface area contributed by atoms with E-state index in [4.69, 9.17) is 5.11 Å². The van der Waals surface area contributed by atoms with Crippen molar-refractivity contribution in [1.82, 2.24) is 9.97 Å². The fourth-order valence-corrected chi connectivity index (χ4v) is 2.81. The molecular formula is C15H26N4O. The summed E-state index contributed by atoms with van der Waals surface area (Å²) in [5, 5.41) is 12.4. The van der Waals surface area contributed by atoms with E-state index in [0.717, 1.165) is 49.8 Å². The first-order valence-corrected chi connectivity index (χ1v) is 7.71. The Labute approximate surface area is 121 Å². The summed E-state index contributed by atoms with van der Waals surface area (Å²) in [5.41, 5.74) is 0. The Kier molecular flexibility index (Phi) is 5.59. The molecule has 1 aliphatic heterocycles. The molecule has 1 aliphatic rings. The van der Waals surface area contributed by atoms with Crippen molar-refractivity contribution in [2.45, 2.75) is 52.0 Å². The van der Waals surface area contributed by atoms with Crippen LogP contribution in [-0.4, -0.2) is 40.8 Å². The number of nitrogens with one attached hydrogen (secondary N) is 1. The van der Waals surface area contributed by atoms with Gasteiger partial charge in [0.05, 0.1) is 0 Å². The molecule has 2 heterocycles. The van der Waals surface area contributed by atoms with Gasteiger partial charge in [-0.25, -0.2) is 9.97 Å². The number of rotatable bonds is 7. The van der Waals surface area contributed by atoms with Gasteiger partial charge in [0.1, 0.15) is 17.5 Å². The molecule has 0 radical (unpaired) electrons. The fourth-order valence-electron chi connectivity index (χ4n) is 2.81. The van der Waals surface area contributed by atoms with Crippen molar-refractivity contribution in [1.29, 1.82) is 0 Å². The van der Waals surface area contributed by atoms with Crippen LogP contribution < -0.4 is 10.2 Å². The number of aromatic nitrogens is 2. The average Bonchev–Trinajstić information content (AvgIpc) is 2.90. The molecule has 2 N–H and O–H groups in total. The topological polar surface area (TPSA) is 61.3 Å². The second-order valence-corrected chi connectivity index (χ2v) is 5.44. The first-order chi connectivity index (χ1) is 9.74. The lowest BCUT2D eigenvalue weighted by atomic mass is 10.1. The molecule has 1 unspecified atom stereocenters. The lowest BCUT2D eigenvalue weighted by Gasteiger charge is -2.26. The molecule has 1 atom stereocenters. The quantitative estimate of drug-likeness (QED) is 0.801. The van der Waals surface area contributed by atoms with Crippen molar-refractivity contribution in [2.75, 3.05) is 29.9 Å². The van der Waals surface area contributed by atoms with E-state index in [2.05, 4.69) is 33.2 Å². The third-order valence-corrected chi connectivity index (χ3v) is 3.75. The Bertz CT molecular complexity index is 424. The van der Waals surface area contributed by atoms with Crippen molar-refractivity contribution in [3.63, 3.8) is 0 Å². The molecule has 0 amide bonds. The van der Waals surface area contributed by atoms with Crippen LogP contribution in [-0.2, 0) is 0 Å². The molecule has 1 aromatic heterocycles. The third-order valence-electron chi connectivity index (χ3n) is 3.75. The van der Waals surface area contributed by atoms with Gasteiger partial charge in [0.2, 0.25) is 0 Å². The predicted octanol–water partition coefficient (Wildman–Crippen LogP) is 2.35. The second-order valence-electron chi connectivity index (χ2n) is 5.44. The van der Waals surface area contributed by atoms with Crippen molar-refractivity contribution in [2.24, 2.45) is 0 Å². The highest BCUT2D eigenvalue weighted by atomic mass is 16.2. The van der Waals surface area contributed by atoms with Gasteiger partial charge in [-0.2, -0.15) is 0 Å². The third kappa shape index (κ3) is 3.82. The number of nitrogens with zero attached hydrogens (tertiary/aromatic N) is 3. The van der Waals surface area contributed by atoms with Crippen molar-refractivity contribution in [3.05, 3.63) is 11.9 Å². The van der Waals surface area contributed by atoms with Crippen molar-refractivity contribution in [3.8, 4) is 0 Å². The molecule has 0 aliphatic carbocycles. The monoisotopic (exact) mass is 278 g/mol. The highest BCUT2D eigenvalue weighted by Gasteiger charge is 2.25. The summed E-state index contributed by atoms with van der Waals surface area (Å²) in [6, 6.07) is 2.57. The average molecular weight is 278 g/mol. The minimum Gasteiger partial charge on any atom is -0.396 e. The van der Waals surface area contributed by atoms with Gasteiger partial charge in [-0.1, -0.05) is 6.92 Å². The van der Waals surface area contributed by atoms with E-state index in [-0.39, 0.29) is 6.61 Å². The van der Waals surface area contributed by atoms with Crippen LogP contribution >= 0.6 is 0 Å². The minimum absolute atomic E-state index is 0.274. The summed E-state index contributed by atoms with van der Waals surface area (Å²) in [7, 11) is 0. The molecule has 1 fully saturated rings. The summed E-state index contributed by atoms with van der Waals surface area (Å²) in [6.07, 6.45) is 5.39. The summed E-state index contributed by atoms with van der Waals surface area (Å²) < 4.78 is 0. The van der Waals surface area contributed by atoms with E-state index >= 15 is 0 Å². The number of anilines is 2. The number of aryl methyl sites for hydroxylation is 1. The highest BCUT2D eigenvalue weighted by molar-refractivity contribution is 5.50. The van der Waals surface area contributed by atoms with Crippen LogP contribution in [0.5, 0.6) is 0 Å². The van der Waals surface area contributed by atoms with Gasteiger partial charge in [0.15, 0.2) is 0 Å². The van der Waals surface area contributed by atoms with Gasteiger partial charge in [-0.05, 0) is 39.0 Å². The zero-order valence-corrected chi connectivity index (χ0v) is 12.6. The van der Waals surface area contributed by atoms with Gasteiger partial charge < -0.3 is 15.3 Å². The summed E-state index contributed by atoms with van der Waals surface area (Å²) in [6.45, 7) is 6.35. The number of aliphatic hydroxyl groups is 1. The van der Waals surface area contributed by atoms with Gasteiger partial charge in [-0.3, -0.25) is 0 Å². The SMILES string of the molecule is CCCNc1cc(N2CCCC2CCCO)nc(C)n1. The van der Waals surface area contributed by atoms with Gasteiger partial charge >= 0.3 is 0 Å². The van der Waals surface area contributed by atoms with Gasteiger partial charge in [0.25, 0.3) is 0 Å². The summed E-state index contributed by atoms with van der Waals surface area (Å²) >= 11 is 0. The maximum Gasteiger partial charge on any atom is 0.134 e. The summed E-state index contributed by atoms with van der Waals surface area (Å²) in [4.78, 5) is 11.4. The number of hydrogen-bond donors (Lipinski definition) is 2. The van der Waals surface area contributed by atoms with Crippen LogP contribution in [0.3, 0.4) is 0 Å². The van der Waals surface area contributed by atoms with Gasteiger partial charge in [0, 0.05) is 31.8 Å². The Balaban J connectivity index is 2.11. The molecule has 2 rings (SSSR count). The summed E-state index contributed by atoms with van der Waals surface area (Å²) in [5.74, 6) is 2.76. The Morgan fingerprint density at radius 1 is 1.45 bits per heavy atom. The van der Waals surface area contributed by atoms with Crippen molar-refractivity contribution < 1.29 is 5.11 Å². The van der Waals surface area contributed by atoms with E-state index in [1.165, 1.54) is 12.8 Å². The molecule has 0 bridgehead atoms. The molecule has 5 heteroatoms. The maximum atomic E-state index is 9.01. The van der Waals surface area contributed by atoms with E-state index < -0.39 is 0 Å². The van der Waals surface area contributed by atoms with Crippen LogP contribution in [0.25, 0.3) is 0 Å². The van der Waals surface area contributed by atoms with Crippen LogP contribution in [0, 0.1) is 6.92 Å². The lowest BCUT2D eigenvalue weighted by Crippen LogP contribution is -2.30. The fraction of sp³-hybridized carbons (Fsp3) is 0.733. The number of hydrogen-bond acceptors (Lipinski definition) is 5. The highest BCUT2D eigenvalue weighted by Crippen LogP contribution is 2.27. The molecule has 1 saturated heterocycles. The minimum atomic E-state index is 0.274. The molecule has 20 heavy (non-hydrogen) atoms. The maximum absolute atomic E-state index is 9.01. The zero-order valence-electron chi connectivity index (χ0n) is 12.6. The van der Waals surface area contributed by atoms with Crippen LogP contribution in [0.2, 0.25) is 0 Å². The number of aliphatic hydroxyl groups excluding tert-OH is 1. The van der Waals surface area contributed by atoms with Crippen LogP contribution in [0.15, 0.2) is 6.07 Å². The van der Waals surface area contributed by atoms with E-state index in [1.54, 1.807) is 0 Å². The normalized spacial score (nSPS) is 18.6. The molecule has 5 nitrogen and oxygen atoms in total.